The molecule has 0 aliphatic heterocycles. The van der Waals surface area contributed by atoms with E-state index < -0.39 is 23.6 Å². The van der Waals surface area contributed by atoms with E-state index in [1.165, 1.54) is 0 Å². The molecule has 7 heteroatoms. The summed E-state index contributed by atoms with van der Waals surface area (Å²) in [6.45, 7) is 1.67. The number of halogens is 2. The number of hydrogen-bond donors (Lipinski definition) is 2. The van der Waals surface area contributed by atoms with E-state index in [-0.39, 0.29) is 18.1 Å². The minimum Gasteiger partial charge on any atom is -0.461 e. The zero-order valence-electron chi connectivity index (χ0n) is 8.54. The number of pyridine rings is 1. The van der Waals surface area contributed by atoms with Crippen LogP contribution in [0.25, 0.3) is 0 Å². The molecule has 0 saturated carbocycles. The van der Waals surface area contributed by atoms with Crippen molar-refractivity contribution in [3.05, 3.63) is 17.3 Å². The Morgan fingerprint density at radius 3 is 2.69 bits per heavy atom. The molecular formula is C9H11F2N3O2. The van der Waals surface area contributed by atoms with Crippen molar-refractivity contribution in [2.75, 3.05) is 18.1 Å². The maximum atomic E-state index is 12.5. The van der Waals surface area contributed by atoms with E-state index in [1.54, 1.807) is 6.92 Å². The Kier molecular flexibility index (Phi) is 3.60. The Bertz CT molecular complexity index is 410. The minimum absolute atomic E-state index is 0.0960. The molecule has 5 nitrogen and oxygen atoms in total. The second-order valence-corrected chi connectivity index (χ2v) is 2.92. The molecule has 1 rings (SSSR count). The van der Waals surface area contributed by atoms with Gasteiger partial charge in [-0.1, -0.05) is 0 Å². The molecule has 1 heterocycles. The normalized spacial score (nSPS) is 10.5. The molecule has 0 saturated heterocycles. The molecule has 0 bridgehead atoms. The maximum absolute atomic E-state index is 12.5. The van der Waals surface area contributed by atoms with E-state index in [1.807, 2.05) is 0 Å². The summed E-state index contributed by atoms with van der Waals surface area (Å²) in [4.78, 5) is 14.9. The Morgan fingerprint density at radius 2 is 2.19 bits per heavy atom. The highest BCUT2D eigenvalue weighted by Gasteiger charge is 2.21. The first-order chi connectivity index (χ1) is 7.47. The molecule has 1 aromatic rings. The van der Waals surface area contributed by atoms with E-state index in [0.29, 0.717) is 0 Å². The minimum atomic E-state index is -2.82. The number of alkyl halides is 2. The van der Waals surface area contributed by atoms with Gasteiger partial charge in [-0.25, -0.2) is 18.6 Å². The number of carbonyl (C=O) groups excluding carboxylic acids is 1. The number of rotatable bonds is 3. The number of aromatic nitrogens is 1. The molecule has 88 valence electrons. The van der Waals surface area contributed by atoms with Gasteiger partial charge in [0, 0.05) is 5.56 Å². The summed E-state index contributed by atoms with van der Waals surface area (Å²) in [5.74, 6) is -1.07. The van der Waals surface area contributed by atoms with Crippen LogP contribution >= 0.6 is 0 Å². The van der Waals surface area contributed by atoms with Crippen molar-refractivity contribution >= 4 is 17.5 Å². The molecular weight excluding hydrogens is 220 g/mol. The number of nitrogens with zero attached hydrogens (tertiary/aromatic N) is 1. The van der Waals surface area contributed by atoms with E-state index >= 15 is 0 Å². The summed E-state index contributed by atoms with van der Waals surface area (Å²) in [7, 11) is 0. The molecule has 4 N–H and O–H groups in total. The molecule has 16 heavy (non-hydrogen) atoms. The predicted molar refractivity (Wildman–Crippen MR) is 54.0 cm³/mol. The average molecular weight is 231 g/mol. The Morgan fingerprint density at radius 1 is 1.56 bits per heavy atom. The van der Waals surface area contributed by atoms with Crippen LogP contribution in [0.15, 0.2) is 6.07 Å². The Balaban J connectivity index is 3.24. The van der Waals surface area contributed by atoms with Crippen LogP contribution < -0.4 is 11.5 Å². The van der Waals surface area contributed by atoms with Gasteiger partial charge < -0.3 is 16.2 Å². The zero-order valence-corrected chi connectivity index (χ0v) is 8.54. The van der Waals surface area contributed by atoms with Gasteiger partial charge in [0.25, 0.3) is 6.43 Å². The first-order valence-electron chi connectivity index (χ1n) is 4.48. The van der Waals surface area contributed by atoms with Crippen molar-refractivity contribution in [2.24, 2.45) is 0 Å². The molecule has 0 unspecified atom stereocenters. The van der Waals surface area contributed by atoms with Crippen molar-refractivity contribution in [2.45, 2.75) is 13.3 Å². The fourth-order valence-corrected chi connectivity index (χ4v) is 1.13. The summed E-state index contributed by atoms with van der Waals surface area (Å²) in [5.41, 5.74) is 9.38. The third-order valence-electron chi connectivity index (χ3n) is 1.81. The molecule has 0 aromatic carbocycles. The van der Waals surface area contributed by atoms with Crippen LogP contribution in [-0.2, 0) is 4.74 Å². The van der Waals surface area contributed by atoms with E-state index in [2.05, 4.69) is 9.72 Å². The van der Waals surface area contributed by atoms with Gasteiger partial charge in [-0.05, 0) is 13.0 Å². The van der Waals surface area contributed by atoms with Crippen molar-refractivity contribution in [3.63, 3.8) is 0 Å². The number of ether oxygens (including phenoxy) is 1. The molecule has 0 aliphatic carbocycles. The van der Waals surface area contributed by atoms with Crippen molar-refractivity contribution in [1.29, 1.82) is 0 Å². The monoisotopic (exact) mass is 231 g/mol. The lowest BCUT2D eigenvalue weighted by molar-refractivity contribution is 0.0520. The van der Waals surface area contributed by atoms with Crippen LogP contribution in [0.5, 0.6) is 0 Å². The van der Waals surface area contributed by atoms with Crippen LogP contribution in [0.1, 0.15) is 29.4 Å². The largest absolute Gasteiger partial charge is 0.461 e. The number of anilines is 2. The molecule has 0 spiro atoms. The van der Waals surface area contributed by atoms with E-state index in [4.69, 9.17) is 11.5 Å². The lowest BCUT2D eigenvalue weighted by Gasteiger charge is -2.10. The van der Waals surface area contributed by atoms with Crippen molar-refractivity contribution < 1.29 is 18.3 Å². The second kappa shape index (κ2) is 4.73. The van der Waals surface area contributed by atoms with E-state index in [9.17, 15) is 13.6 Å². The Labute approximate surface area is 90.4 Å². The predicted octanol–water partition coefficient (Wildman–Crippen LogP) is 1.36. The van der Waals surface area contributed by atoms with Crippen molar-refractivity contribution in [3.8, 4) is 0 Å². The molecule has 0 aliphatic rings. The smallest absolute Gasteiger partial charge is 0.359 e. The lowest BCUT2D eigenvalue weighted by atomic mass is 10.1. The van der Waals surface area contributed by atoms with Crippen LogP contribution in [0.2, 0.25) is 0 Å². The van der Waals surface area contributed by atoms with Gasteiger partial charge in [0.2, 0.25) is 0 Å². The summed E-state index contributed by atoms with van der Waals surface area (Å²) < 4.78 is 29.7. The van der Waals surface area contributed by atoms with Gasteiger partial charge in [0.05, 0.1) is 12.3 Å². The second-order valence-electron chi connectivity index (χ2n) is 2.92. The number of carbonyl (C=O) groups is 1. The SMILES string of the molecule is CCOC(=O)c1nc(N)cc(C(F)F)c1N. The molecule has 0 atom stereocenters. The highest BCUT2D eigenvalue weighted by Crippen LogP contribution is 2.28. The van der Waals surface area contributed by atoms with Gasteiger partial charge in [-0.3, -0.25) is 0 Å². The van der Waals surface area contributed by atoms with Crippen LogP contribution in [0, 0.1) is 0 Å². The maximum Gasteiger partial charge on any atom is 0.359 e. The number of nitrogen functional groups attached to an aromatic ring is 2. The fourth-order valence-electron chi connectivity index (χ4n) is 1.13. The summed E-state index contributed by atoms with van der Waals surface area (Å²) in [6, 6.07) is 0.933. The summed E-state index contributed by atoms with van der Waals surface area (Å²) >= 11 is 0. The molecule has 0 amide bonds. The van der Waals surface area contributed by atoms with Gasteiger partial charge >= 0.3 is 5.97 Å². The van der Waals surface area contributed by atoms with Crippen molar-refractivity contribution in [1.82, 2.24) is 4.98 Å². The summed E-state index contributed by atoms with van der Waals surface area (Å²) in [6.07, 6.45) is -2.82. The average Bonchev–Trinajstić information content (AvgIpc) is 2.20. The van der Waals surface area contributed by atoms with Crippen LogP contribution in [0.4, 0.5) is 20.3 Å². The molecule has 0 fully saturated rings. The number of esters is 1. The molecule has 0 radical (unpaired) electrons. The van der Waals surface area contributed by atoms with Gasteiger partial charge in [0.15, 0.2) is 5.69 Å². The first-order valence-corrected chi connectivity index (χ1v) is 4.48. The Hall–Kier alpha value is -1.92. The zero-order chi connectivity index (χ0) is 12.3. The highest BCUT2D eigenvalue weighted by molar-refractivity contribution is 5.94. The number of nitrogens with two attached hydrogens (primary N) is 2. The van der Waals surface area contributed by atoms with E-state index in [0.717, 1.165) is 6.07 Å². The fraction of sp³-hybridized carbons (Fsp3) is 0.333. The first kappa shape index (κ1) is 12.2. The quantitative estimate of drug-likeness (QED) is 0.766. The van der Waals surface area contributed by atoms with Gasteiger partial charge in [-0.2, -0.15) is 0 Å². The summed E-state index contributed by atoms with van der Waals surface area (Å²) in [5, 5.41) is 0. The lowest BCUT2D eigenvalue weighted by Crippen LogP contribution is -2.14. The number of hydrogen-bond acceptors (Lipinski definition) is 5. The van der Waals surface area contributed by atoms with Gasteiger partial charge in [-0.15, -0.1) is 0 Å². The van der Waals surface area contributed by atoms with Crippen LogP contribution in [0.3, 0.4) is 0 Å². The third kappa shape index (κ3) is 2.36. The molecule has 1 aromatic heterocycles. The topological polar surface area (TPSA) is 91.2 Å². The highest BCUT2D eigenvalue weighted by atomic mass is 19.3. The van der Waals surface area contributed by atoms with Gasteiger partial charge in [0.1, 0.15) is 5.82 Å². The third-order valence-corrected chi connectivity index (χ3v) is 1.81. The van der Waals surface area contributed by atoms with Crippen LogP contribution in [-0.4, -0.2) is 17.6 Å². The standard InChI is InChI=1S/C9H11F2N3O2/c1-2-16-9(15)7-6(13)4(8(10)11)3-5(12)14-7/h3,8H,2,13H2,1H3,(H2,12,14).